The van der Waals surface area contributed by atoms with Crippen molar-refractivity contribution in [3.05, 3.63) is 78.9 Å². The van der Waals surface area contributed by atoms with Crippen LogP contribution in [0, 0.1) is 0 Å². The maximum absolute atomic E-state index is 13.8. The van der Waals surface area contributed by atoms with E-state index in [-0.39, 0.29) is 30.0 Å². The van der Waals surface area contributed by atoms with Crippen LogP contribution in [0.1, 0.15) is 48.5 Å². The van der Waals surface area contributed by atoms with Crippen molar-refractivity contribution in [2.45, 2.75) is 43.6 Å². The number of carbonyl (C=O) groups excluding carboxylic acids is 1. The van der Waals surface area contributed by atoms with E-state index >= 15 is 0 Å². The molecular weight excluding hydrogens is 506 g/mol. The zero-order chi connectivity index (χ0) is 26.6. The van der Waals surface area contributed by atoms with Gasteiger partial charge in [-0.3, -0.25) is 9.69 Å². The summed E-state index contributed by atoms with van der Waals surface area (Å²) < 4.78 is 34.3. The number of hydrogen-bond acceptors (Lipinski definition) is 6. The Labute approximate surface area is 223 Å². The first-order chi connectivity index (χ1) is 17.8. The molecule has 1 fully saturated rings. The number of hydrogen-bond donors (Lipinski definition) is 0. The highest BCUT2D eigenvalue weighted by Gasteiger charge is 2.28. The third-order valence-electron chi connectivity index (χ3n) is 6.35. The summed E-state index contributed by atoms with van der Waals surface area (Å²) in [5, 5.41) is 0.614. The number of sulfonamides is 1. The van der Waals surface area contributed by atoms with Crippen molar-refractivity contribution in [1.82, 2.24) is 9.29 Å². The molecule has 1 aliphatic rings. The van der Waals surface area contributed by atoms with Crippen LogP contribution in [0.5, 0.6) is 0 Å². The third kappa shape index (κ3) is 5.85. The Balaban J connectivity index is 1.67. The molecule has 4 rings (SSSR count). The highest BCUT2D eigenvalue weighted by molar-refractivity contribution is 7.89. The number of rotatable bonds is 11. The average molecular weight is 540 g/mol. The molecule has 1 aromatic heterocycles. The number of nitrogens with zero attached hydrogens (tertiary/aromatic N) is 3. The molecule has 0 radical (unpaired) electrons. The van der Waals surface area contributed by atoms with E-state index in [1.54, 1.807) is 17.0 Å². The second-order valence-corrected chi connectivity index (χ2v) is 12.3. The van der Waals surface area contributed by atoms with Crippen LogP contribution in [0.2, 0.25) is 0 Å². The van der Waals surface area contributed by atoms with Gasteiger partial charge in [0.05, 0.1) is 27.8 Å². The lowest BCUT2D eigenvalue weighted by molar-refractivity contribution is 0.0917. The minimum Gasteiger partial charge on any atom is -0.376 e. The van der Waals surface area contributed by atoms with Gasteiger partial charge in [-0.25, -0.2) is 13.4 Å². The number of ether oxygens (including phenoxy) is 1. The molecule has 1 unspecified atom stereocenters. The molecule has 2 heterocycles. The van der Waals surface area contributed by atoms with Gasteiger partial charge in [-0.2, -0.15) is 4.31 Å². The van der Waals surface area contributed by atoms with Crippen LogP contribution in [-0.2, 0) is 14.8 Å². The first-order valence-electron chi connectivity index (χ1n) is 12.4. The van der Waals surface area contributed by atoms with E-state index in [2.05, 4.69) is 33.1 Å². The zero-order valence-electron chi connectivity index (χ0n) is 21.3. The number of para-hydroxylation sites is 1. The molecule has 7 nitrogen and oxygen atoms in total. The third-order valence-corrected chi connectivity index (χ3v) is 9.24. The van der Waals surface area contributed by atoms with E-state index in [0.717, 1.165) is 28.6 Å². The number of thiazole rings is 1. The van der Waals surface area contributed by atoms with Crippen molar-refractivity contribution in [3.63, 3.8) is 0 Å². The fourth-order valence-corrected chi connectivity index (χ4v) is 6.80. The Hall–Kier alpha value is -2.85. The van der Waals surface area contributed by atoms with Gasteiger partial charge in [0.15, 0.2) is 5.13 Å². The molecule has 2 aromatic carbocycles. The van der Waals surface area contributed by atoms with Crippen LogP contribution < -0.4 is 4.90 Å². The monoisotopic (exact) mass is 539 g/mol. The Morgan fingerprint density at radius 2 is 1.86 bits per heavy atom. The maximum Gasteiger partial charge on any atom is 0.260 e. The quantitative estimate of drug-likeness (QED) is 0.296. The van der Waals surface area contributed by atoms with E-state index in [1.807, 2.05) is 12.1 Å². The van der Waals surface area contributed by atoms with Gasteiger partial charge in [0.2, 0.25) is 10.0 Å². The summed E-state index contributed by atoms with van der Waals surface area (Å²) in [4.78, 5) is 20.5. The van der Waals surface area contributed by atoms with E-state index in [0.29, 0.717) is 29.8 Å². The summed E-state index contributed by atoms with van der Waals surface area (Å²) in [5.74, 6) is 0.0656. The zero-order valence-corrected chi connectivity index (χ0v) is 22.9. The Kier molecular flexibility index (Phi) is 8.59. The highest BCUT2D eigenvalue weighted by atomic mass is 32.2. The lowest BCUT2D eigenvalue weighted by atomic mass is 10.0. The van der Waals surface area contributed by atoms with Gasteiger partial charge >= 0.3 is 0 Å². The smallest absolute Gasteiger partial charge is 0.260 e. The topological polar surface area (TPSA) is 79.8 Å². The molecule has 9 heteroatoms. The van der Waals surface area contributed by atoms with Crippen LogP contribution in [0.25, 0.3) is 10.2 Å². The second-order valence-electron chi connectivity index (χ2n) is 9.32. The van der Waals surface area contributed by atoms with Crippen molar-refractivity contribution in [2.24, 2.45) is 0 Å². The van der Waals surface area contributed by atoms with Crippen LogP contribution in [0.3, 0.4) is 0 Å². The molecule has 37 heavy (non-hydrogen) atoms. The normalized spacial score (nSPS) is 15.9. The maximum atomic E-state index is 13.8. The van der Waals surface area contributed by atoms with Crippen molar-refractivity contribution in [3.8, 4) is 0 Å². The number of fused-ring (bicyclic) bond motifs is 1. The molecule has 1 atom stereocenters. The molecule has 1 saturated heterocycles. The number of anilines is 1. The molecule has 0 saturated carbocycles. The van der Waals surface area contributed by atoms with Crippen molar-refractivity contribution in [1.29, 1.82) is 0 Å². The second kappa shape index (κ2) is 11.7. The van der Waals surface area contributed by atoms with Crippen molar-refractivity contribution >= 4 is 42.6 Å². The van der Waals surface area contributed by atoms with Gasteiger partial charge in [0.1, 0.15) is 0 Å². The fraction of sp³-hybridized carbons (Fsp3) is 0.357. The van der Waals surface area contributed by atoms with Gasteiger partial charge in [0, 0.05) is 25.3 Å². The molecule has 196 valence electrons. The molecule has 1 aliphatic heterocycles. The predicted molar refractivity (Wildman–Crippen MR) is 150 cm³/mol. The van der Waals surface area contributed by atoms with Gasteiger partial charge in [-0.05, 0) is 54.7 Å². The first kappa shape index (κ1) is 27.2. The predicted octanol–water partition coefficient (Wildman–Crippen LogP) is 5.61. The van der Waals surface area contributed by atoms with Crippen LogP contribution >= 0.6 is 11.3 Å². The number of aromatic nitrogens is 1. The molecule has 0 aliphatic carbocycles. The van der Waals surface area contributed by atoms with E-state index < -0.39 is 10.0 Å². The summed E-state index contributed by atoms with van der Waals surface area (Å²) in [7, 11) is -3.75. The summed E-state index contributed by atoms with van der Waals surface area (Å²) >= 11 is 1.48. The molecule has 0 N–H and O–H groups in total. The summed E-state index contributed by atoms with van der Waals surface area (Å²) in [6, 6.07) is 12.2. The van der Waals surface area contributed by atoms with Gasteiger partial charge in [0.25, 0.3) is 5.91 Å². The standard InChI is InChI=1S/C28H33N3O4S2/c1-5-16-30(17-6-2)37(33,34)23-14-12-21(13-15-23)27(32)31(19-22-9-8-18-35-22)28-29-26-24(20(3)4)10-7-11-25(26)36-28/h5-7,10-15,20,22H,1-2,8-9,16-19H2,3-4H3. The van der Waals surface area contributed by atoms with Crippen LogP contribution in [0.4, 0.5) is 5.13 Å². The van der Waals surface area contributed by atoms with E-state index in [4.69, 9.17) is 9.72 Å². The summed E-state index contributed by atoms with van der Waals surface area (Å²) in [6.07, 6.45) is 4.84. The largest absolute Gasteiger partial charge is 0.376 e. The van der Waals surface area contributed by atoms with Crippen LogP contribution in [-0.4, -0.2) is 56.0 Å². The van der Waals surface area contributed by atoms with Gasteiger partial charge < -0.3 is 4.74 Å². The van der Waals surface area contributed by atoms with Gasteiger partial charge in [-0.15, -0.1) is 13.2 Å². The van der Waals surface area contributed by atoms with Crippen molar-refractivity contribution in [2.75, 3.05) is 31.1 Å². The first-order valence-corrected chi connectivity index (χ1v) is 14.7. The molecule has 0 spiro atoms. The van der Waals surface area contributed by atoms with Gasteiger partial charge in [-0.1, -0.05) is 49.5 Å². The summed E-state index contributed by atoms with van der Waals surface area (Å²) in [6.45, 7) is 13.0. The van der Waals surface area contributed by atoms with E-state index in [9.17, 15) is 13.2 Å². The number of amides is 1. The molecule has 3 aromatic rings. The van der Waals surface area contributed by atoms with Crippen LogP contribution in [0.15, 0.2) is 72.7 Å². The van der Waals surface area contributed by atoms with E-state index in [1.165, 1.54) is 39.9 Å². The minimum atomic E-state index is -3.75. The number of carbonyl (C=O) groups is 1. The SMILES string of the molecule is C=CCN(CC=C)S(=O)(=O)c1ccc(C(=O)N(CC2CCCO2)c2nc3c(C(C)C)cccc3s2)cc1. The Morgan fingerprint density at radius 1 is 1.16 bits per heavy atom. The average Bonchev–Trinajstić information content (AvgIpc) is 3.56. The Morgan fingerprint density at radius 3 is 2.46 bits per heavy atom. The minimum absolute atomic E-state index is 0.0634. The lowest BCUT2D eigenvalue weighted by Crippen LogP contribution is -2.37. The molecule has 0 bridgehead atoms. The van der Waals surface area contributed by atoms with Crippen molar-refractivity contribution < 1.29 is 17.9 Å². The molecular formula is C28H33N3O4S2. The number of benzene rings is 2. The lowest BCUT2D eigenvalue weighted by Gasteiger charge is -2.23. The Bertz CT molecular complexity index is 1360. The summed E-state index contributed by atoms with van der Waals surface area (Å²) in [5.41, 5.74) is 2.44. The fourth-order valence-electron chi connectivity index (χ4n) is 4.41. The highest BCUT2D eigenvalue weighted by Crippen LogP contribution is 2.35. The molecule has 1 amide bonds.